The second-order valence-corrected chi connectivity index (χ2v) is 4.90. The summed E-state index contributed by atoms with van der Waals surface area (Å²) >= 11 is 5.92. The zero-order chi connectivity index (χ0) is 16.8. The van der Waals surface area contributed by atoms with E-state index in [1.54, 1.807) is 49.4 Å². The zero-order valence-electron chi connectivity index (χ0n) is 12.1. The van der Waals surface area contributed by atoms with Gasteiger partial charge in [0.2, 0.25) is 0 Å². The summed E-state index contributed by atoms with van der Waals surface area (Å²) < 4.78 is 29.2. The SMILES string of the molecule is C/C(=N/NC(=O)c1ccccc1Cl)c1ccccc1OC(F)F. The fourth-order valence-electron chi connectivity index (χ4n) is 1.86. The summed E-state index contributed by atoms with van der Waals surface area (Å²) in [5.41, 5.74) is 3.28. The molecule has 0 saturated heterocycles. The van der Waals surface area contributed by atoms with Gasteiger partial charge in [-0.2, -0.15) is 13.9 Å². The number of benzene rings is 2. The Kier molecular flexibility index (Phi) is 5.65. The Labute approximate surface area is 136 Å². The Morgan fingerprint density at radius 1 is 1.13 bits per heavy atom. The number of amides is 1. The molecule has 1 N–H and O–H groups in total. The van der Waals surface area contributed by atoms with Crippen molar-refractivity contribution in [2.45, 2.75) is 13.5 Å². The molecular weight excluding hydrogens is 326 g/mol. The summed E-state index contributed by atoms with van der Waals surface area (Å²) in [6, 6.07) is 12.7. The molecule has 0 aliphatic rings. The molecule has 0 saturated carbocycles. The smallest absolute Gasteiger partial charge is 0.387 e. The molecule has 0 aliphatic heterocycles. The first-order valence-electron chi connectivity index (χ1n) is 6.62. The van der Waals surface area contributed by atoms with Crippen molar-refractivity contribution in [2.24, 2.45) is 5.10 Å². The molecule has 2 rings (SSSR count). The quantitative estimate of drug-likeness (QED) is 0.659. The predicted molar refractivity (Wildman–Crippen MR) is 84.2 cm³/mol. The Morgan fingerprint density at radius 3 is 2.39 bits per heavy atom. The maximum Gasteiger partial charge on any atom is 0.387 e. The van der Waals surface area contributed by atoms with Crippen LogP contribution in [-0.4, -0.2) is 18.2 Å². The molecule has 4 nitrogen and oxygen atoms in total. The number of nitrogens with one attached hydrogen (secondary N) is 1. The van der Waals surface area contributed by atoms with E-state index in [1.165, 1.54) is 6.07 Å². The molecule has 0 atom stereocenters. The van der Waals surface area contributed by atoms with Gasteiger partial charge in [0.15, 0.2) is 0 Å². The molecule has 0 spiro atoms. The lowest BCUT2D eigenvalue weighted by Gasteiger charge is -2.10. The number of hydrazone groups is 1. The van der Waals surface area contributed by atoms with Gasteiger partial charge in [0, 0.05) is 5.56 Å². The summed E-state index contributed by atoms with van der Waals surface area (Å²) in [5.74, 6) is -0.516. The maximum absolute atomic E-state index is 12.4. The van der Waals surface area contributed by atoms with Crippen LogP contribution in [0.4, 0.5) is 8.78 Å². The normalized spacial score (nSPS) is 11.4. The van der Waals surface area contributed by atoms with Crippen LogP contribution in [0.3, 0.4) is 0 Å². The molecule has 0 bridgehead atoms. The molecule has 1 amide bonds. The van der Waals surface area contributed by atoms with E-state index in [-0.39, 0.29) is 11.3 Å². The molecule has 0 heterocycles. The Morgan fingerprint density at radius 2 is 1.74 bits per heavy atom. The summed E-state index contributed by atoms with van der Waals surface area (Å²) in [6.07, 6.45) is 0. The van der Waals surface area contributed by atoms with Gasteiger partial charge in [-0.05, 0) is 31.2 Å². The Bertz CT molecular complexity index is 736. The van der Waals surface area contributed by atoms with E-state index in [0.29, 0.717) is 16.3 Å². The van der Waals surface area contributed by atoms with Gasteiger partial charge in [0.05, 0.1) is 16.3 Å². The third kappa shape index (κ3) is 4.50. The van der Waals surface area contributed by atoms with E-state index < -0.39 is 12.5 Å². The van der Waals surface area contributed by atoms with Gasteiger partial charge >= 0.3 is 6.61 Å². The van der Waals surface area contributed by atoms with Crippen molar-refractivity contribution >= 4 is 23.2 Å². The van der Waals surface area contributed by atoms with Gasteiger partial charge in [-0.3, -0.25) is 4.79 Å². The number of hydrogen-bond donors (Lipinski definition) is 1. The lowest BCUT2D eigenvalue weighted by molar-refractivity contribution is -0.0499. The molecule has 0 aromatic heterocycles. The fraction of sp³-hybridized carbons (Fsp3) is 0.125. The first kappa shape index (κ1) is 16.9. The van der Waals surface area contributed by atoms with Crippen LogP contribution in [0.2, 0.25) is 5.02 Å². The van der Waals surface area contributed by atoms with Gasteiger partial charge in [-0.15, -0.1) is 0 Å². The standard InChI is InChI=1S/C16H13ClF2N2O2/c1-10(11-6-3-5-9-14(11)23-16(18)19)20-21-15(22)12-7-2-4-8-13(12)17/h2-9,16H,1H3,(H,21,22)/b20-10-. The van der Waals surface area contributed by atoms with Crippen LogP contribution < -0.4 is 10.2 Å². The number of hydrogen-bond acceptors (Lipinski definition) is 3. The highest BCUT2D eigenvalue weighted by Crippen LogP contribution is 2.21. The van der Waals surface area contributed by atoms with Crippen LogP contribution in [0.25, 0.3) is 0 Å². The summed E-state index contributed by atoms with van der Waals surface area (Å²) in [4.78, 5) is 12.0. The second kappa shape index (κ2) is 7.69. The van der Waals surface area contributed by atoms with Crippen LogP contribution in [0, 0.1) is 0 Å². The third-order valence-electron chi connectivity index (χ3n) is 2.94. The van der Waals surface area contributed by atoms with E-state index in [1.807, 2.05) is 0 Å². The van der Waals surface area contributed by atoms with Gasteiger partial charge in [-0.1, -0.05) is 35.9 Å². The van der Waals surface area contributed by atoms with E-state index in [9.17, 15) is 13.6 Å². The Hall–Kier alpha value is -2.47. The number of alkyl halides is 2. The third-order valence-corrected chi connectivity index (χ3v) is 3.27. The zero-order valence-corrected chi connectivity index (χ0v) is 12.8. The number of halogens is 3. The number of ether oxygens (including phenoxy) is 1. The second-order valence-electron chi connectivity index (χ2n) is 4.49. The van der Waals surface area contributed by atoms with Crippen molar-refractivity contribution in [3.63, 3.8) is 0 Å². The first-order valence-corrected chi connectivity index (χ1v) is 7.00. The van der Waals surface area contributed by atoms with E-state index in [0.717, 1.165) is 0 Å². The predicted octanol–water partition coefficient (Wildman–Crippen LogP) is 4.10. The summed E-state index contributed by atoms with van der Waals surface area (Å²) in [7, 11) is 0. The van der Waals surface area contributed by atoms with Crippen LogP contribution in [0.15, 0.2) is 53.6 Å². The minimum absolute atomic E-state index is 0.0178. The van der Waals surface area contributed by atoms with E-state index in [2.05, 4.69) is 15.3 Å². The lowest BCUT2D eigenvalue weighted by Crippen LogP contribution is -2.20. The average molecular weight is 339 g/mol. The minimum atomic E-state index is -2.94. The number of carbonyl (C=O) groups is 1. The van der Waals surface area contributed by atoms with Crippen molar-refractivity contribution in [3.8, 4) is 5.75 Å². The van der Waals surface area contributed by atoms with Crippen molar-refractivity contribution in [2.75, 3.05) is 0 Å². The summed E-state index contributed by atoms with van der Waals surface area (Å²) in [5, 5.41) is 4.20. The molecule has 2 aromatic carbocycles. The monoisotopic (exact) mass is 338 g/mol. The molecule has 0 aliphatic carbocycles. The van der Waals surface area contributed by atoms with Crippen molar-refractivity contribution < 1.29 is 18.3 Å². The maximum atomic E-state index is 12.4. The average Bonchev–Trinajstić information content (AvgIpc) is 2.52. The highest BCUT2D eigenvalue weighted by molar-refractivity contribution is 6.33. The van der Waals surface area contributed by atoms with Crippen LogP contribution >= 0.6 is 11.6 Å². The largest absolute Gasteiger partial charge is 0.434 e. The first-order chi connectivity index (χ1) is 11.0. The highest BCUT2D eigenvalue weighted by atomic mass is 35.5. The van der Waals surface area contributed by atoms with Crippen LogP contribution in [-0.2, 0) is 0 Å². The van der Waals surface area contributed by atoms with Gasteiger partial charge in [0.1, 0.15) is 5.75 Å². The van der Waals surface area contributed by atoms with Crippen LogP contribution in [0.5, 0.6) is 5.75 Å². The van der Waals surface area contributed by atoms with E-state index >= 15 is 0 Å². The lowest BCUT2D eigenvalue weighted by atomic mass is 10.1. The molecular formula is C16H13ClF2N2O2. The van der Waals surface area contributed by atoms with Gasteiger partial charge in [0.25, 0.3) is 5.91 Å². The molecule has 2 aromatic rings. The molecule has 7 heteroatoms. The van der Waals surface area contributed by atoms with Crippen molar-refractivity contribution in [1.82, 2.24) is 5.43 Å². The highest BCUT2D eigenvalue weighted by Gasteiger charge is 2.12. The molecule has 0 unspecified atom stereocenters. The topological polar surface area (TPSA) is 50.7 Å². The van der Waals surface area contributed by atoms with Gasteiger partial charge < -0.3 is 4.74 Å². The molecule has 0 fully saturated rings. The summed E-state index contributed by atoms with van der Waals surface area (Å²) in [6.45, 7) is -1.37. The number of nitrogens with zero attached hydrogens (tertiary/aromatic N) is 1. The van der Waals surface area contributed by atoms with Gasteiger partial charge in [-0.25, -0.2) is 5.43 Å². The number of rotatable bonds is 5. The Balaban J connectivity index is 2.18. The van der Waals surface area contributed by atoms with E-state index in [4.69, 9.17) is 11.6 Å². The van der Waals surface area contributed by atoms with Crippen molar-refractivity contribution in [3.05, 3.63) is 64.7 Å². The van der Waals surface area contributed by atoms with Crippen LogP contribution in [0.1, 0.15) is 22.8 Å². The fourth-order valence-corrected chi connectivity index (χ4v) is 2.09. The molecule has 0 radical (unpaired) electrons. The molecule has 23 heavy (non-hydrogen) atoms. The van der Waals surface area contributed by atoms with Crippen molar-refractivity contribution in [1.29, 1.82) is 0 Å². The molecule has 120 valence electrons. The number of carbonyl (C=O) groups excluding carboxylic acids is 1. The minimum Gasteiger partial charge on any atom is -0.434 e. The number of para-hydroxylation sites is 1.